The molecular weight excluding hydrogens is 360 g/mol. The Morgan fingerprint density at radius 1 is 1.07 bits per heavy atom. The molecule has 5 nitrogen and oxygen atoms in total. The first-order valence-corrected chi connectivity index (χ1v) is 10.5. The monoisotopic (exact) mass is 385 g/mol. The first-order chi connectivity index (χ1) is 13.2. The van der Waals surface area contributed by atoms with Crippen molar-refractivity contribution in [2.24, 2.45) is 0 Å². The van der Waals surface area contributed by atoms with Gasteiger partial charge >= 0.3 is 0 Å². The van der Waals surface area contributed by atoms with Crippen molar-refractivity contribution < 1.29 is 19.2 Å². The van der Waals surface area contributed by atoms with Crippen LogP contribution in [0.1, 0.15) is 39.2 Å². The number of thiophene rings is 1. The van der Waals surface area contributed by atoms with Gasteiger partial charge in [0, 0.05) is 10.4 Å². The van der Waals surface area contributed by atoms with Gasteiger partial charge in [0.05, 0.1) is 18.8 Å². The summed E-state index contributed by atoms with van der Waals surface area (Å²) < 4.78 is 5.36. The van der Waals surface area contributed by atoms with Crippen LogP contribution >= 0.6 is 11.3 Å². The number of ketones is 1. The smallest absolute Gasteiger partial charge is 0.280 e. The lowest BCUT2D eigenvalue weighted by Crippen LogP contribution is -3.15. The number of quaternary nitrogens is 1. The van der Waals surface area contributed by atoms with E-state index in [9.17, 15) is 9.59 Å². The Balaban J connectivity index is 1.59. The van der Waals surface area contributed by atoms with E-state index in [4.69, 9.17) is 4.74 Å². The number of ether oxygens (including phenoxy) is 1. The van der Waals surface area contributed by atoms with Crippen LogP contribution in [0.2, 0.25) is 0 Å². The van der Waals surface area contributed by atoms with Crippen LogP contribution in [0.4, 0.5) is 5.00 Å². The summed E-state index contributed by atoms with van der Waals surface area (Å²) in [5.74, 6) is -0.00312. The topological polar surface area (TPSA) is 59.8 Å². The summed E-state index contributed by atoms with van der Waals surface area (Å²) >= 11 is 1.59. The molecule has 142 valence electrons. The molecule has 1 aromatic carbocycles. The van der Waals surface area contributed by atoms with E-state index in [0.29, 0.717) is 30.9 Å². The van der Waals surface area contributed by atoms with Gasteiger partial charge in [0.15, 0.2) is 12.3 Å². The molecule has 2 N–H and O–H groups in total. The third-order valence-corrected chi connectivity index (χ3v) is 6.50. The minimum absolute atomic E-state index is 0.0176. The maximum absolute atomic E-state index is 13.2. The molecule has 0 unspecified atom stereocenters. The van der Waals surface area contributed by atoms with Crippen molar-refractivity contribution in [1.82, 2.24) is 0 Å². The van der Waals surface area contributed by atoms with Gasteiger partial charge in [-0.1, -0.05) is 30.3 Å². The van der Waals surface area contributed by atoms with E-state index in [1.54, 1.807) is 11.3 Å². The van der Waals surface area contributed by atoms with Gasteiger partial charge in [0.2, 0.25) is 0 Å². The van der Waals surface area contributed by atoms with Gasteiger partial charge in [0.1, 0.15) is 18.1 Å². The summed E-state index contributed by atoms with van der Waals surface area (Å²) in [5, 5.41) is 3.79. The van der Waals surface area contributed by atoms with E-state index >= 15 is 0 Å². The zero-order valence-corrected chi connectivity index (χ0v) is 16.2. The van der Waals surface area contributed by atoms with Crippen LogP contribution in [0, 0.1) is 0 Å². The Kier molecular flexibility index (Phi) is 5.66. The highest BCUT2D eigenvalue weighted by Crippen LogP contribution is 2.39. The summed E-state index contributed by atoms with van der Waals surface area (Å²) in [6, 6.07) is 9.36. The lowest BCUT2D eigenvalue weighted by molar-refractivity contribution is -0.899. The number of carbonyl (C=O) groups excluding carboxylic acids is 2. The lowest BCUT2D eigenvalue weighted by Gasteiger charge is -2.23. The number of hydrogen-bond donors (Lipinski definition) is 2. The molecule has 1 aliphatic heterocycles. The second-order valence-electron chi connectivity index (χ2n) is 7.20. The summed E-state index contributed by atoms with van der Waals surface area (Å²) in [7, 11) is 0. The van der Waals surface area contributed by atoms with Crippen molar-refractivity contribution in [2.75, 3.05) is 38.2 Å². The van der Waals surface area contributed by atoms with Crippen molar-refractivity contribution in [3.05, 3.63) is 51.9 Å². The number of hydrogen-bond acceptors (Lipinski definition) is 4. The van der Waals surface area contributed by atoms with Crippen LogP contribution in [0.5, 0.6) is 0 Å². The molecule has 0 bridgehead atoms. The number of carbonyl (C=O) groups is 2. The minimum atomic E-state index is -0.0207. The maximum Gasteiger partial charge on any atom is 0.280 e. The molecule has 0 saturated carbocycles. The second kappa shape index (κ2) is 8.33. The lowest BCUT2D eigenvalue weighted by atomic mass is 9.92. The number of morpholine rings is 1. The number of aryl methyl sites for hydroxylation is 1. The average molecular weight is 386 g/mol. The first-order valence-electron chi connectivity index (χ1n) is 9.68. The Labute approximate surface area is 163 Å². The van der Waals surface area contributed by atoms with Gasteiger partial charge in [-0.15, -0.1) is 11.3 Å². The predicted octanol–water partition coefficient (Wildman–Crippen LogP) is 1.71. The largest absolute Gasteiger partial charge is 0.370 e. The molecule has 1 fully saturated rings. The van der Waals surface area contributed by atoms with Crippen molar-refractivity contribution in [3.63, 3.8) is 0 Å². The summed E-state index contributed by atoms with van der Waals surface area (Å²) in [6.45, 7) is 3.53. The molecule has 27 heavy (non-hydrogen) atoms. The van der Waals surface area contributed by atoms with Crippen LogP contribution in [0.3, 0.4) is 0 Å². The van der Waals surface area contributed by atoms with Crippen molar-refractivity contribution in [3.8, 4) is 0 Å². The summed E-state index contributed by atoms with van der Waals surface area (Å²) in [4.78, 5) is 28.3. The minimum Gasteiger partial charge on any atom is -0.370 e. The fraction of sp³-hybridized carbons (Fsp3) is 0.429. The van der Waals surface area contributed by atoms with Gasteiger partial charge in [-0.05, 0) is 31.2 Å². The highest BCUT2D eigenvalue weighted by atomic mass is 32.1. The standard InChI is InChI=1S/C21H24N2O3S/c24-18(14-23-10-12-26-13-11-23)22-21-19(16-8-4-5-9-17(16)27-21)20(25)15-6-2-1-3-7-15/h1-3,6-7H,4-5,8-14H2,(H,22,24)/p+1. The molecule has 2 aliphatic rings. The SMILES string of the molecule is O=C(C[NH+]1CCOCC1)Nc1sc2c(c1C(=O)c1ccccc1)CCCC2. The number of rotatable bonds is 5. The first kappa shape index (κ1) is 18.3. The van der Waals surface area contributed by atoms with Crippen molar-refractivity contribution in [1.29, 1.82) is 0 Å². The molecule has 0 atom stereocenters. The Morgan fingerprint density at radius 3 is 2.59 bits per heavy atom. The van der Waals surface area contributed by atoms with Crippen molar-refractivity contribution in [2.45, 2.75) is 25.7 Å². The maximum atomic E-state index is 13.2. The van der Waals surface area contributed by atoms with E-state index in [-0.39, 0.29) is 11.7 Å². The van der Waals surface area contributed by atoms with Crippen LogP contribution in [0.25, 0.3) is 0 Å². The van der Waals surface area contributed by atoms with Crippen LogP contribution in [-0.4, -0.2) is 44.5 Å². The fourth-order valence-electron chi connectivity index (χ4n) is 3.86. The third kappa shape index (κ3) is 4.13. The molecular formula is C21H25N2O3S+. The second-order valence-corrected chi connectivity index (χ2v) is 8.30. The number of anilines is 1. The predicted molar refractivity (Wildman–Crippen MR) is 106 cm³/mol. The zero-order valence-electron chi connectivity index (χ0n) is 15.4. The molecule has 4 rings (SSSR count). The van der Waals surface area contributed by atoms with E-state index in [0.717, 1.165) is 49.3 Å². The van der Waals surface area contributed by atoms with Gasteiger partial charge in [-0.25, -0.2) is 0 Å². The van der Waals surface area contributed by atoms with Gasteiger partial charge in [-0.3, -0.25) is 9.59 Å². The van der Waals surface area contributed by atoms with E-state index < -0.39 is 0 Å². The Hall–Kier alpha value is -2.02. The molecule has 2 aromatic rings. The summed E-state index contributed by atoms with van der Waals surface area (Å²) in [6.07, 6.45) is 4.17. The van der Waals surface area contributed by atoms with Gasteiger partial charge in [0.25, 0.3) is 5.91 Å². The summed E-state index contributed by atoms with van der Waals surface area (Å²) in [5.41, 5.74) is 2.54. The molecule has 6 heteroatoms. The van der Waals surface area contributed by atoms with E-state index in [1.165, 1.54) is 9.78 Å². The molecule has 1 aliphatic carbocycles. The Morgan fingerprint density at radius 2 is 1.81 bits per heavy atom. The zero-order chi connectivity index (χ0) is 18.6. The molecule has 0 radical (unpaired) electrons. The normalized spacial score (nSPS) is 17.3. The average Bonchev–Trinajstić information content (AvgIpc) is 3.06. The van der Waals surface area contributed by atoms with Gasteiger partial charge < -0.3 is 15.0 Å². The number of nitrogens with one attached hydrogen (secondary N) is 2. The fourth-order valence-corrected chi connectivity index (χ4v) is 5.17. The van der Waals surface area contributed by atoms with Crippen LogP contribution in [-0.2, 0) is 22.4 Å². The van der Waals surface area contributed by atoms with Crippen molar-refractivity contribution >= 4 is 28.0 Å². The number of benzene rings is 1. The number of amides is 1. The van der Waals surface area contributed by atoms with Crippen LogP contribution < -0.4 is 10.2 Å². The molecule has 0 spiro atoms. The molecule has 1 amide bonds. The molecule has 2 heterocycles. The molecule has 1 aromatic heterocycles. The highest BCUT2D eigenvalue weighted by Gasteiger charge is 2.28. The van der Waals surface area contributed by atoms with E-state index in [1.807, 2.05) is 30.3 Å². The third-order valence-electron chi connectivity index (χ3n) is 5.30. The molecule has 1 saturated heterocycles. The Bertz CT molecular complexity index is 825. The van der Waals surface area contributed by atoms with E-state index in [2.05, 4.69) is 5.32 Å². The highest BCUT2D eigenvalue weighted by molar-refractivity contribution is 7.17. The van der Waals surface area contributed by atoms with Crippen LogP contribution in [0.15, 0.2) is 30.3 Å². The number of fused-ring (bicyclic) bond motifs is 1. The van der Waals surface area contributed by atoms with Gasteiger partial charge in [-0.2, -0.15) is 0 Å². The quantitative estimate of drug-likeness (QED) is 0.771.